The molecule has 0 aromatic heterocycles. The van der Waals surface area contributed by atoms with Crippen LogP contribution >= 0.6 is 0 Å². The highest BCUT2D eigenvalue weighted by molar-refractivity contribution is 6.04. The monoisotopic (exact) mass is 505 g/mol. The highest BCUT2D eigenvalue weighted by Crippen LogP contribution is 2.27. The van der Waals surface area contributed by atoms with E-state index in [0.717, 1.165) is 16.7 Å². The minimum atomic E-state index is -0.248. The third-order valence-electron chi connectivity index (χ3n) is 6.24. The Bertz CT molecular complexity index is 1310. The smallest absolute Gasteiger partial charge is 0.255 e. The van der Waals surface area contributed by atoms with Crippen molar-refractivity contribution in [1.82, 2.24) is 10.6 Å². The van der Waals surface area contributed by atoms with Crippen molar-refractivity contribution in [2.24, 2.45) is 0 Å². The van der Waals surface area contributed by atoms with Gasteiger partial charge in [-0.3, -0.25) is 14.4 Å². The molecule has 0 radical (unpaired) electrons. The molecule has 0 aliphatic rings. The van der Waals surface area contributed by atoms with E-state index >= 15 is 0 Å². The molecule has 0 saturated carbocycles. The number of anilines is 1. The summed E-state index contributed by atoms with van der Waals surface area (Å²) in [5.74, 6) is -0.579. The van der Waals surface area contributed by atoms with Crippen LogP contribution < -0.4 is 16.0 Å². The van der Waals surface area contributed by atoms with Crippen molar-refractivity contribution in [2.45, 2.75) is 19.3 Å². The molecule has 0 atom stereocenters. The van der Waals surface area contributed by atoms with Gasteiger partial charge < -0.3 is 16.0 Å². The molecule has 0 saturated heterocycles. The molecule has 4 rings (SSSR count). The van der Waals surface area contributed by atoms with Crippen LogP contribution in [0.25, 0.3) is 0 Å². The molecule has 192 valence electrons. The highest BCUT2D eigenvalue weighted by Gasteiger charge is 2.18. The van der Waals surface area contributed by atoms with E-state index in [1.807, 2.05) is 79.7 Å². The number of amides is 3. The van der Waals surface area contributed by atoms with Gasteiger partial charge in [-0.1, -0.05) is 78.4 Å². The van der Waals surface area contributed by atoms with Gasteiger partial charge in [0.25, 0.3) is 11.8 Å². The number of hydrogen-bond acceptors (Lipinski definition) is 3. The zero-order valence-electron chi connectivity index (χ0n) is 21.3. The van der Waals surface area contributed by atoms with Crippen molar-refractivity contribution < 1.29 is 14.4 Å². The molecular formula is C32H31N3O3. The fourth-order valence-corrected chi connectivity index (χ4v) is 4.15. The van der Waals surface area contributed by atoms with Gasteiger partial charge in [-0.05, 0) is 54.4 Å². The van der Waals surface area contributed by atoms with Crippen LogP contribution in [-0.4, -0.2) is 30.8 Å². The summed E-state index contributed by atoms with van der Waals surface area (Å²) in [5, 5.41) is 8.56. The van der Waals surface area contributed by atoms with Gasteiger partial charge in [-0.2, -0.15) is 0 Å². The van der Waals surface area contributed by atoms with Crippen LogP contribution in [0.15, 0.2) is 109 Å². The normalized spacial score (nSPS) is 10.6. The van der Waals surface area contributed by atoms with E-state index in [2.05, 4.69) is 16.0 Å². The van der Waals surface area contributed by atoms with Crippen LogP contribution in [0.2, 0.25) is 0 Å². The van der Waals surface area contributed by atoms with Crippen LogP contribution in [0.1, 0.15) is 49.7 Å². The molecule has 0 bridgehead atoms. The van der Waals surface area contributed by atoms with Gasteiger partial charge in [0.2, 0.25) is 5.91 Å². The predicted molar refractivity (Wildman–Crippen MR) is 150 cm³/mol. The molecule has 4 aromatic carbocycles. The molecule has 6 heteroatoms. The van der Waals surface area contributed by atoms with Gasteiger partial charge >= 0.3 is 0 Å². The topological polar surface area (TPSA) is 87.3 Å². The largest absolute Gasteiger partial charge is 0.354 e. The maximum absolute atomic E-state index is 12.7. The molecule has 38 heavy (non-hydrogen) atoms. The minimum absolute atomic E-state index is 0.0444. The van der Waals surface area contributed by atoms with Gasteiger partial charge in [-0.25, -0.2) is 0 Å². The first-order valence-electron chi connectivity index (χ1n) is 12.6. The average Bonchev–Trinajstić information content (AvgIpc) is 2.95. The maximum Gasteiger partial charge on any atom is 0.255 e. The predicted octanol–water partition coefficient (Wildman–Crippen LogP) is 5.32. The zero-order chi connectivity index (χ0) is 26.7. The summed E-state index contributed by atoms with van der Waals surface area (Å²) in [5.41, 5.74) is 4.89. The molecule has 0 aliphatic carbocycles. The maximum atomic E-state index is 12.7. The van der Waals surface area contributed by atoms with Gasteiger partial charge in [0.15, 0.2) is 0 Å². The number of benzene rings is 4. The second-order valence-electron chi connectivity index (χ2n) is 9.08. The van der Waals surface area contributed by atoms with Gasteiger partial charge in [-0.15, -0.1) is 0 Å². The first kappa shape index (κ1) is 26.4. The van der Waals surface area contributed by atoms with Crippen molar-refractivity contribution in [3.8, 4) is 0 Å². The van der Waals surface area contributed by atoms with Crippen molar-refractivity contribution in [2.75, 3.05) is 18.4 Å². The van der Waals surface area contributed by atoms with E-state index in [0.29, 0.717) is 36.3 Å². The Hall–Kier alpha value is -4.71. The Morgan fingerprint density at radius 2 is 1.11 bits per heavy atom. The van der Waals surface area contributed by atoms with E-state index in [4.69, 9.17) is 0 Å². The Morgan fingerprint density at radius 1 is 0.605 bits per heavy atom. The lowest BCUT2D eigenvalue weighted by Gasteiger charge is -2.18. The molecule has 0 aliphatic heterocycles. The van der Waals surface area contributed by atoms with Crippen LogP contribution in [0, 0.1) is 6.92 Å². The number of hydrogen-bond donors (Lipinski definition) is 3. The Balaban J connectivity index is 1.23. The van der Waals surface area contributed by atoms with Gasteiger partial charge in [0, 0.05) is 42.2 Å². The summed E-state index contributed by atoms with van der Waals surface area (Å²) < 4.78 is 0. The van der Waals surface area contributed by atoms with E-state index in [1.54, 1.807) is 36.4 Å². The molecule has 0 heterocycles. The number of carbonyl (C=O) groups is 3. The van der Waals surface area contributed by atoms with Crippen molar-refractivity contribution in [3.63, 3.8) is 0 Å². The van der Waals surface area contributed by atoms with Crippen LogP contribution in [-0.2, 0) is 4.79 Å². The summed E-state index contributed by atoms with van der Waals surface area (Å²) in [6, 6.07) is 34.0. The fraction of sp³-hybridized carbons (Fsp3) is 0.156. The Kier molecular flexibility index (Phi) is 9.03. The van der Waals surface area contributed by atoms with E-state index < -0.39 is 0 Å². The quantitative estimate of drug-likeness (QED) is 0.255. The lowest BCUT2D eigenvalue weighted by Crippen LogP contribution is -2.35. The van der Waals surface area contributed by atoms with Crippen LogP contribution in [0.5, 0.6) is 0 Å². The van der Waals surface area contributed by atoms with E-state index in [1.165, 1.54) is 0 Å². The van der Waals surface area contributed by atoms with E-state index in [-0.39, 0.29) is 23.6 Å². The summed E-state index contributed by atoms with van der Waals surface area (Å²) in [6.07, 6.45) is 0.317. The summed E-state index contributed by atoms with van der Waals surface area (Å²) in [6.45, 7) is 2.59. The third kappa shape index (κ3) is 7.40. The molecule has 4 aromatic rings. The molecular weight excluding hydrogens is 474 g/mol. The van der Waals surface area contributed by atoms with Gasteiger partial charge in [0.05, 0.1) is 0 Å². The van der Waals surface area contributed by atoms with Gasteiger partial charge in [0.1, 0.15) is 0 Å². The first-order chi connectivity index (χ1) is 18.5. The molecule has 3 amide bonds. The summed E-state index contributed by atoms with van der Waals surface area (Å²) >= 11 is 0. The molecule has 6 nitrogen and oxygen atoms in total. The van der Waals surface area contributed by atoms with Crippen molar-refractivity contribution in [1.29, 1.82) is 0 Å². The second kappa shape index (κ2) is 13.0. The number of aryl methyl sites for hydroxylation is 1. The lowest BCUT2D eigenvalue weighted by molar-refractivity contribution is -0.121. The molecule has 0 spiro atoms. The van der Waals surface area contributed by atoms with Crippen molar-refractivity contribution >= 4 is 23.4 Å². The number of nitrogens with one attached hydrogen (secondary N) is 3. The molecule has 3 N–H and O–H groups in total. The molecule has 0 fully saturated rings. The Labute approximate surface area is 223 Å². The standard InChI is InChI=1S/C32H31N3O3/c1-23-12-14-27(15-13-23)32(38)35-28-18-16-26(17-19-28)31(37)34-21-20-33-30(36)22-29(24-8-4-2-5-9-24)25-10-6-3-7-11-25/h2-19,29H,20-22H2,1H3,(H,33,36)(H,34,37)(H,35,38). The SMILES string of the molecule is Cc1ccc(C(=O)Nc2ccc(C(=O)NCCNC(=O)CC(c3ccccc3)c3ccccc3)cc2)cc1. The van der Waals surface area contributed by atoms with Crippen molar-refractivity contribution in [3.05, 3.63) is 137 Å². The highest BCUT2D eigenvalue weighted by atomic mass is 16.2. The Morgan fingerprint density at radius 3 is 1.68 bits per heavy atom. The number of rotatable bonds is 10. The first-order valence-corrected chi connectivity index (χ1v) is 12.6. The third-order valence-corrected chi connectivity index (χ3v) is 6.24. The fourth-order valence-electron chi connectivity index (χ4n) is 4.15. The number of carbonyl (C=O) groups excluding carboxylic acids is 3. The second-order valence-corrected chi connectivity index (χ2v) is 9.08. The summed E-state index contributed by atoms with van der Waals surface area (Å²) in [7, 11) is 0. The lowest BCUT2D eigenvalue weighted by atomic mass is 9.88. The zero-order valence-corrected chi connectivity index (χ0v) is 21.3. The van der Waals surface area contributed by atoms with E-state index in [9.17, 15) is 14.4 Å². The average molecular weight is 506 g/mol. The van der Waals surface area contributed by atoms with Crippen LogP contribution in [0.4, 0.5) is 5.69 Å². The van der Waals surface area contributed by atoms with Crippen LogP contribution in [0.3, 0.4) is 0 Å². The molecule has 0 unspecified atom stereocenters. The minimum Gasteiger partial charge on any atom is -0.354 e. The summed E-state index contributed by atoms with van der Waals surface area (Å²) in [4.78, 5) is 37.6.